The van der Waals surface area contributed by atoms with Crippen LogP contribution in [-0.4, -0.2) is 35.0 Å². The molecule has 0 bridgehead atoms. The van der Waals surface area contributed by atoms with Crippen LogP contribution in [0.3, 0.4) is 0 Å². The normalized spacial score (nSPS) is 29.7. The Hall–Kier alpha value is -0.980. The van der Waals surface area contributed by atoms with E-state index >= 15 is 0 Å². The highest BCUT2D eigenvalue weighted by Crippen LogP contribution is 2.35. The van der Waals surface area contributed by atoms with Crippen LogP contribution in [0.25, 0.3) is 0 Å². The molecule has 112 valence electrons. The van der Waals surface area contributed by atoms with Crippen LogP contribution in [-0.2, 0) is 4.74 Å². The van der Waals surface area contributed by atoms with Crippen LogP contribution < -0.4 is 5.32 Å². The Morgan fingerprint density at radius 1 is 1.35 bits per heavy atom. The third-order valence-electron chi connectivity index (χ3n) is 4.45. The number of aliphatic hydroxyl groups is 1. The molecule has 3 rings (SSSR count). The molecule has 1 aliphatic heterocycles. The third kappa shape index (κ3) is 2.87. The summed E-state index contributed by atoms with van der Waals surface area (Å²) < 4.78 is 11.0. The number of nitrogens with zero attached hydrogens (tertiary/aromatic N) is 2. The molecule has 6 nitrogen and oxygen atoms in total. The van der Waals surface area contributed by atoms with Crippen molar-refractivity contribution in [2.75, 3.05) is 13.7 Å². The second kappa shape index (κ2) is 6.20. The first-order chi connectivity index (χ1) is 9.78. The second-order valence-corrected chi connectivity index (χ2v) is 5.90. The number of rotatable bonds is 4. The van der Waals surface area contributed by atoms with Crippen molar-refractivity contribution in [1.29, 1.82) is 0 Å². The number of hydrogen-bond acceptors (Lipinski definition) is 6. The Labute approximate surface area is 118 Å². The molecule has 1 aromatic rings. The SMILES string of the molecule is COC(c1noc([C@@H]2C[C@H](O)CN2)n1)C1CCCCC1. The van der Waals surface area contributed by atoms with E-state index in [1.54, 1.807) is 7.11 Å². The first-order valence-electron chi connectivity index (χ1n) is 7.55. The predicted octanol–water partition coefficient (Wildman–Crippen LogP) is 1.73. The highest BCUT2D eigenvalue weighted by Gasteiger charge is 2.32. The quantitative estimate of drug-likeness (QED) is 0.875. The molecule has 2 aliphatic rings. The van der Waals surface area contributed by atoms with Crippen molar-refractivity contribution in [1.82, 2.24) is 15.5 Å². The van der Waals surface area contributed by atoms with Crippen molar-refractivity contribution in [3.05, 3.63) is 11.7 Å². The zero-order valence-corrected chi connectivity index (χ0v) is 11.9. The van der Waals surface area contributed by atoms with Crippen LogP contribution in [0, 0.1) is 5.92 Å². The molecule has 1 unspecified atom stereocenters. The smallest absolute Gasteiger partial charge is 0.243 e. The minimum atomic E-state index is -0.327. The Morgan fingerprint density at radius 3 is 2.80 bits per heavy atom. The second-order valence-electron chi connectivity index (χ2n) is 5.90. The van der Waals surface area contributed by atoms with Crippen LogP contribution in [0.1, 0.15) is 62.4 Å². The summed E-state index contributed by atoms with van der Waals surface area (Å²) in [4.78, 5) is 4.50. The minimum Gasteiger partial charge on any atom is -0.392 e. The fourth-order valence-electron chi connectivity index (χ4n) is 3.36. The van der Waals surface area contributed by atoms with E-state index < -0.39 is 0 Å². The summed E-state index contributed by atoms with van der Waals surface area (Å²) in [5.41, 5.74) is 0. The number of nitrogens with one attached hydrogen (secondary N) is 1. The van der Waals surface area contributed by atoms with E-state index in [1.165, 1.54) is 32.1 Å². The lowest BCUT2D eigenvalue weighted by Crippen LogP contribution is -2.19. The molecule has 1 saturated carbocycles. The summed E-state index contributed by atoms with van der Waals surface area (Å²) in [5.74, 6) is 1.70. The van der Waals surface area contributed by atoms with Crippen molar-refractivity contribution >= 4 is 0 Å². The van der Waals surface area contributed by atoms with Crippen LogP contribution >= 0.6 is 0 Å². The summed E-state index contributed by atoms with van der Waals surface area (Å²) in [6.07, 6.45) is 6.39. The van der Waals surface area contributed by atoms with Crippen LogP contribution in [0.4, 0.5) is 0 Å². The van der Waals surface area contributed by atoms with E-state index in [1.807, 2.05) is 0 Å². The lowest BCUT2D eigenvalue weighted by atomic mass is 9.85. The molecule has 0 radical (unpaired) electrons. The molecule has 0 spiro atoms. The standard InChI is InChI=1S/C14H23N3O3/c1-19-12(9-5-3-2-4-6-9)13-16-14(20-17-13)11-7-10(18)8-15-11/h9-12,15,18H,2-8H2,1H3/t10-,11-,12?/m0/s1. The van der Waals surface area contributed by atoms with E-state index in [9.17, 15) is 5.11 Å². The van der Waals surface area contributed by atoms with Crippen LogP contribution in [0.2, 0.25) is 0 Å². The van der Waals surface area contributed by atoms with E-state index in [-0.39, 0.29) is 18.2 Å². The maximum Gasteiger partial charge on any atom is 0.243 e. The zero-order chi connectivity index (χ0) is 13.9. The van der Waals surface area contributed by atoms with Gasteiger partial charge in [0, 0.05) is 13.7 Å². The van der Waals surface area contributed by atoms with Gasteiger partial charge in [-0.2, -0.15) is 4.98 Å². The van der Waals surface area contributed by atoms with Gasteiger partial charge in [0.2, 0.25) is 11.7 Å². The molecule has 1 aliphatic carbocycles. The number of methoxy groups -OCH3 is 1. The van der Waals surface area contributed by atoms with Gasteiger partial charge in [-0.15, -0.1) is 0 Å². The van der Waals surface area contributed by atoms with E-state index in [0.29, 0.717) is 30.6 Å². The third-order valence-corrected chi connectivity index (χ3v) is 4.45. The lowest BCUT2D eigenvalue weighted by molar-refractivity contribution is 0.0273. The topological polar surface area (TPSA) is 80.4 Å². The number of hydrogen-bond donors (Lipinski definition) is 2. The molecular weight excluding hydrogens is 258 g/mol. The number of β-amino-alcohol motifs (C(OH)–C–C–N with tert-alkyl or cyclic N) is 1. The first-order valence-corrected chi connectivity index (χ1v) is 7.55. The van der Waals surface area contributed by atoms with Crippen molar-refractivity contribution in [2.45, 2.75) is 56.8 Å². The van der Waals surface area contributed by atoms with Crippen molar-refractivity contribution < 1.29 is 14.4 Å². The Morgan fingerprint density at radius 2 is 2.15 bits per heavy atom. The fraction of sp³-hybridized carbons (Fsp3) is 0.857. The lowest BCUT2D eigenvalue weighted by Gasteiger charge is -2.26. The van der Waals surface area contributed by atoms with E-state index in [4.69, 9.17) is 9.26 Å². The molecule has 2 heterocycles. The van der Waals surface area contributed by atoms with E-state index in [0.717, 1.165) is 0 Å². The van der Waals surface area contributed by atoms with Gasteiger partial charge >= 0.3 is 0 Å². The van der Waals surface area contributed by atoms with Crippen LogP contribution in [0.15, 0.2) is 4.52 Å². The molecule has 2 N–H and O–H groups in total. The van der Waals surface area contributed by atoms with E-state index in [2.05, 4.69) is 15.5 Å². The number of ether oxygens (including phenoxy) is 1. The molecular formula is C14H23N3O3. The Kier molecular flexibility index (Phi) is 4.33. The van der Waals surface area contributed by atoms with Gasteiger partial charge in [-0.25, -0.2) is 0 Å². The number of aromatic nitrogens is 2. The van der Waals surface area contributed by atoms with Gasteiger partial charge in [0.1, 0.15) is 6.10 Å². The minimum absolute atomic E-state index is 0.0323. The van der Waals surface area contributed by atoms with Gasteiger partial charge in [-0.05, 0) is 25.2 Å². The average Bonchev–Trinajstić information content (AvgIpc) is 3.10. The molecule has 0 aromatic carbocycles. The van der Waals surface area contributed by atoms with Crippen molar-refractivity contribution in [3.8, 4) is 0 Å². The fourth-order valence-corrected chi connectivity index (χ4v) is 3.36. The van der Waals surface area contributed by atoms with Crippen molar-refractivity contribution in [2.24, 2.45) is 5.92 Å². The summed E-state index contributed by atoms with van der Waals surface area (Å²) >= 11 is 0. The van der Waals surface area contributed by atoms with Gasteiger partial charge in [0.25, 0.3) is 0 Å². The molecule has 1 aromatic heterocycles. The monoisotopic (exact) mass is 281 g/mol. The summed E-state index contributed by atoms with van der Waals surface area (Å²) in [5, 5.41) is 16.8. The molecule has 0 amide bonds. The zero-order valence-electron chi connectivity index (χ0n) is 11.9. The van der Waals surface area contributed by atoms with Gasteiger partial charge in [-0.1, -0.05) is 24.4 Å². The molecule has 2 fully saturated rings. The van der Waals surface area contributed by atoms with Crippen LogP contribution in [0.5, 0.6) is 0 Å². The summed E-state index contributed by atoms with van der Waals surface area (Å²) in [6, 6.07) is -0.0323. The molecule has 6 heteroatoms. The van der Waals surface area contributed by atoms with Gasteiger partial charge in [-0.3, -0.25) is 0 Å². The largest absolute Gasteiger partial charge is 0.392 e. The van der Waals surface area contributed by atoms with Crippen molar-refractivity contribution in [3.63, 3.8) is 0 Å². The summed E-state index contributed by atoms with van der Waals surface area (Å²) in [6.45, 7) is 0.582. The predicted molar refractivity (Wildman–Crippen MR) is 72.0 cm³/mol. The maximum atomic E-state index is 9.55. The highest BCUT2D eigenvalue weighted by molar-refractivity contribution is 5.00. The molecule has 1 saturated heterocycles. The highest BCUT2D eigenvalue weighted by atomic mass is 16.5. The van der Waals surface area contributed by atoms with Gasteiger partial charge in [0.15, 0.2) is 0 Å². The Bertz CT molecular complexity index is 431. The Balaban J connectivity index is 1.70. The van der Waals surface area contributed by atoms with Gasteiger partial charge in [0.05, 0.1) is 12.1 Å². The number of aliphatic hydroxyl groups excluding tert-OH is 1. The maximum absolute atomic E-state index is 9.55. The van der Waals surface area contributed by atoms with Gasteiger partial charge < -0.3 is 19.7 Å². The average molecular weight is 281 g/mol. The molecule has 20 heavy (non-hydrogen) atoms. The first kappa shape index (κ1) is 14.0. The molecule has 3 atom stereocenters. The summed E-state index contributed by atoms with van der Waals surface area (Å²) in [7, 11) is 1.72.